The molecule has 0 aliphatic heterocycles. The molecule has 0 saturated carbocycles. The number of fused-ring (bicyclic) bond motifs is 3. The Labute approximate surface area is 167 Å². The second-order valence-corrected chi connectivity index (χ2v) is 7.97. The molecule has 134 valence electrons. The minimum atomic E-state index is -1.44. The minimum absolute atomic E-state index is 0.524. The number of rotatable bonds is 3. The van der Waals surface area contributed by atoms with Gasteiger partial charge in [-0.3, -0.25) is 0 Å². The molecule has 5 aromatic rings. The Balaban J connectivity index is 1.56. The smallest absolute Gasteiger partial charge is 0.423 e. The lowest BCUT2D eigenvalue weighted by atomic mass is 9.80. The zero-order valence-electron chi connectivity index (χ0n) is 15.0. The highest BCUT2D eigenvalue weighted by Crippen LogP contribution is 2.36. The molecule has 0 aliphatic rings. The van der Waals surface area contributed by atoms with Gasteiger partial charge < -0.3 is 10.0 Å². The monoisotopic (exact) mass is 380 g/mol. The van der Waals surface area contributed by atoms with E-state index < -0.39 is 7.12 Å². The number of hydrogen-bond donors (Lipinski definition) is 2. The highest BCUT2D eigenvalue weighted by Gasteiger charge is 2.13. The molecule has 2 nitrogen and oxygen atoms in total. The molecule has 0 saturated heterocycles. The first-order valence-electron chi connectivity index (χ1n) is 9.17. The Bertz CT molecular complexity index is 1280. The lowest BCUT2D eigenvalue weighted by molar-refractivity contribution is 0.426. The lowest BCUT2D eigenvalue weighted by Gasteiger charge is -2.06. The van der Waals surface area contributed by atoms with Crippen LogP contribution in [0.5, 0.6) is 0 Å². The van der Waals surface area contributed by atoms with Crippen LogP contribution in [0.4, 0.5) is 0 Å². The predicted octanol–water partition coefficient (Wildman–Crippen LogP) is 5.07. The van der Waals surface area contributed by atoms with E-state index in [9.17, 15) is 10.0 Å². The highest BCUT2D eigenvalue weighted by atomic mass is 32.1. The van der Waals surface area contributed by atoms with E-state index in [1.165, 1.54) is 32.3 Å². The van der Waals surface area contributed by atoms with Gasteiger partial charge in [0, 0.05) is 20.2 Å². The van der Waals surface area contributed by atoms with Gasteiger partial charge in [0.15, 0.2) is 0 Å². The summed E-state index contributed by atoms with van der Waals surface area (Å²) in [6.07, 6.45) is 0. The van der Waals surface area contributed by atoms with E-state index >= 15 is 0 Å². The summed E-state index contributed by atoms with van der Waals surface area (Å²) >= 11 is 1.67. The summed E-state index contributed by atoms with van der Waals surface area (Å²) in [5.41, 5.74) is 5.31. The third kappa shape index (κ3) is 3.02. The van der Waals surface area contributed by atoms with Gasteiger partial charge in [-0.2, -0.15) is 0 Å². The molecule has 28 heavy (non-hydrogen) atoms. The molecule has 1 heterocycles. The largest absolute Gasteiger partial charge is 0.488 e. The van der Waals surface area contributed by atoms with Crippen molar-refractivity contribution in [2.24, 2.45) is 0 Å². The summed E-state index contributed by atoms with van der Waals surface area (Å²) in [5, 5.41) is 21.2. The van der Waals surface area contributed by atoms with E-state index in [0.717, 1.165) is 10.1 Å². The average Bonchev–Trinajstić information content (AvgIpc) is 3.11. The Hall–Kier alpha value is -2.92. The summed E-state index contributed by atoms with van der Waals surface area (Å²) in [5.74, 6) is 0. The van der Waals surface area contributed by atoms with Crippen LogP contribution in [-0.2, 0) is 0 Å². The second-order valence-electron chi connectivity index (χ2n) is 6.89. The zero-order valence-corrected chi connectivity index (χ0v) is 15.9. The normalized spacial score (nSPS) is 11.2. The van der Waals surface area contributed by atoms with Crippen molar-refractivity contribution in [2.75, 3.05) is 0 Å². The van der Waals surface area contributed by atoms with Crippen molar-refractivity contribution < 1.29 is 10.0 Å². The molecule has 0 unspecified atom stereocenters. The fourth-order valence-electron chi connectivity index (χ4n) is 3.62. The maximum absolute atomic E-state index is 9.42. The molecule has 0 spiro atoms. The summed E-state index contributed by atoms with van der Waals surface area (Å²) in [4.78, 5) is 0. The Morgan fingerprint density at radius 1 is 0.536 bits per heavy atom. The average molecular weight is 380 g/mol. The van der Waals surface area contributed by atoms with Crippen molar-refractivity contribution in [3.8, 4) is 22.3 Å². The van der Waals surface area contributed by atoms with Crippen molar-refractivity contribution >= 4 is 44.1 Å². The lowest BCUT2D eigenvalue weighted by Crippen LogP contribution is -2.29. The first kappa shape index (κ1) is 17.2. The Morgan fingerprint density at radius 3 is 1.89 bits per heavy atom. The van der Waals surface area contributed by atoms with Gasteiger partial charge in [-0.25, -0.2) is 0 Å². The van der Waals surface area contributed by atoms with Gasteiger partial charge in [0.2, 0.25) is 0 Å². The fraction of sp³-hybridized carbons (Fsp3) is 0. The molecular formula is C24H17BO2S. The van der Waals surface area contributed by atoms with Crippen molar-refractivity contribution in [3.63, 3.8) is 0 Å². The van der Waals surface area contributed by atoms with Crippen LogP contribution < -0.4 is 5.46 Å². The van der Waals surface area contributed by atoms with E-state index in [1.807, 2.05) is 18.2 Å². The molecular weight excluding hydrogens is 363 g/mol. The third-order valence-electron chi connectivity index (χ3n) is 5.12. The molecule has 5 rings (SSSR count). The fourth-order valence-corrected chi connectivity index (χ4v) is 4.75. The molecule has 0 amide bonds. The maximum atomic E-state index is 9.42. The van der Waals surface area contributed by atoms with Crippen LogP contribution in [0.1, 0.15) is 0 Å². The quantitative estimate of drug-likeness (QED) is 0.429. The maximum Gasteiger partial charge on any atom is 0.488 e. The van der Waals surface area contributed by atoms with Crippen molar-refractivity contribution in [1.29, 1.82) is 0 Å². The standard InChI is InChI=1S/C24H17BO2S/c26-25(27)20-11-12-21-22-14-19(10-13-23(22)28-24(21)15-20)18-8-6-17(7-9-18)16-4-2-1-3-5-16/h1-15,26-27H. The van der Waals surface area contributed by atoms with Gasteiger partial charge in [-0.15, -0.1) is 11.3 Å². The van der Waals surface area contributed by atoms with Gasteiger partial charge in [0.1, 0.15) is 0 Å². The van der Waals surface area contributed by atoms with E-state index in [0.29, 0.717) is 5.46 Å². The predicted molar refractivity (Wildman–Crippen MR) is 120 cm³/mol. The van der Waals surface area contributed by atoms with Gasteiger partial charge in [-0.1, -0.05) is 72.8 Å². The van der Waals surface area contributed by atoms with Crippen LogP contribution in [0, 0.1) is 0 Å². The molecule has 0 aliphatic carbocycles. The number of thiophene rings is 1. The molecule has 2 N–H and O–H groups in total. The van der Waals surface area contributed by atoms with Gasteiger partial charge in [0.05, 0.1) is 0 Å². The van der Waals surface area contributed by atoms with Crippen LogP contribution in [0.15, 0.2) is 91.0 Å². The zero-order chi connectivity index (χ0) is 19.1. The Kier molecular flexibility index (Phi) is 4.25. The summed E-state index contributed by atoms with van der Waals surface area (Å²) < 4.78 is 2.27. The highest BCUT2D eigenvalue weighted by molar-refractivity contribution is 7.25. The van der Waals surface area contributed by atoms with Crippen LogP contribution in [0.2, 0.25) is 0 Å². The van der Waals surface area contributed by atoms with Crippen LogP contribution in [0.25, 0.3) is 42.4 Å². The van der Waals surface area contributed by atoms with Gasteiger partial charge in [0.25, 0.3) is 0 Å². The summed E-state index contributed by atoms with van der Waals surface area (Å²) in [6.45, 7) is 0. The van der Waals surface area contributed by atoms with E-state index in [4.69, 9.17) is 0 Å². The number of benzene rings is 4. The van der Waals surface area contributed by atoms with E-state index in [-0.39, 0.29) is 0 Å². The van der Waals surface area contributed by atoms with Gasteiger partial charge in [-0.05, 0) is 45.9 Å². The molecule has 1 aromatic heterocycles. The molecule has 0 atom stereocenters. The number of hydrogen-bond acceptors (Lipinski definition) is 3. The van der Waals surface area contributed by atoms with Crippen LogP contribution >= 0.6 is 11.3 Å². The SMILES string of the molecule is OB(O)c1ccc2c(c1)sc1ccc(-c3ccc(-c4ccccc4)cc3)cc12. The topological polar surface area (TPSA) is 40.5 Å². The summed E-state index contributed by atoms with van der Waals surface area (Å²) in [6, 6.07) is 31.2. The van der Waals surface area contributed by atoms with Gasteiger partial charge >= 0.3 is 7.12 Å². The molecule has 0 radical (unpaired) electrons. The second kappa shape index (κ2) is 6.91. The van der Waals surface area contributed by atoms with Crippen molar-refractivity contribution in [3.05, 3.63) is 91.0 Å². The summed E-state index contributed by atoms with van der Waals surface area (Å²) in [7, 11) is -1.44. The molecule has 4 aromatic carbocycles. The Morgan fingerprint density at radius 2 is 1.18 bits per heavy atom. The van der Waals surface area contributed by atoms with Crippen molar-refractivity contribution in [1.82, 2.24) is 0 Å². The van der Waals surface area contributed by atoms with Crippen LogP contribution in [0.3, 0.4) is 0 Å². The molecule has 0 bridgehead atoms. The van der Waals surface area contributed by atoms with E-state index in [1.54, 1.807) is 17.4 Å². The van der Waals surface area contributed by atoms with Crippen molar-refractivity contribution in [2.45, 2.75) is 0 Å². The van der Waals surface area contributed by atoms with E-state index in [2.05, 4.69) is 66.7 Å². The molecule has 0 fully saturated rings. The third-order valence-corrected chi connectivity index (χ3v) is 6.25. The first-order valence-corrected chi connectivity index (χ1v) is 9.99. The molecule has 4 heteroatoms. The van der Waals surface area contributed by atoms with Crippen LogP contribution in [-0.4, -0.2) is 17.2 Å². The minimum Gasteiger partial charge on any atom is -0.423 e. The first-order chi connectivity index (χ1) is 13.7.